The van der Waals surface area contributed by atoms with Gasteiger partial charge in [-0.05, 0) is 17.4 Å². The van der Waals surface area contributed by atoms with Gasteiger partial charge in [-0.3, -0.25) is 4.79 Å². The molecule has 3 rings (SSSR count). The Bertz CT molecular complexity index is 693. The molecule has 0 saturated heterocycles. The quantitative estimate of drug-likeness (QED) is 0.665. The minimum Gasteiger partial charge on any atom is -0.289 e. The van der Waals surface area contributed by atoms with E-state index in [1.165, 1.54) is 0 Å². The van der Waals surface area contributed by atoms with Crippen molar-refractivity contribution in [3.8, 4) is 0 Å². The number of hydrogen-bond acceptors (Lipinski definition) is 1. The molecule has 0 aliphatic heterocycles. The van der Waals surface area contributed by atoms with Gasteiger partial charge in [-0.25, -0.2) is 0 Å². The molecule has 1 aliphatic rings. The summed E-state index contributed by atoms with van der Waals surface area (Å²) in [5.41, 5.74) is 2.06. The lowest BCUT2D eigenvalue weighted by molar-refractivity contribution is 1.25. The highest BCUT2D eigenvalue weighted by Gasteiger charge is 2.06. The van der Waals surface area contributed by atoms with E-state index in [2.05, 4.69) is 0 Å². The fourth-order valence-corrected chi connectivity index (χ4v) is 2.21. The Kier molecular flexibility index (Phi) is 2.37. The summed E-state index contributed by atoms with van der Waals surface area (Å²) in [5.74, 6) is 0. The predicted molar refractivity (Wildman–Crippen MR) is 72.1 cm³/mol. The Balaban J connectivity index is 2.48. The van der Waals surface area contributed by atoms with Crippen molar-refractivity contribution in [2.45, 2.75) is 6.42 Å². The molecule has 2 aromatic carbocycles. The Morgan fingerprint density at radius 2 is 1.82 bits per heavy atom. The molecule has 1 aliphatic carbocycles. The van der Waals surface area contributed by atoms with E-state index < -0.39 is 0 Å². The predicted octanol–water partition coefficient (Wildman–Crippen LogP) is 3.33. The maximum absolute atomic E-state index is 12.5. The van der Waals surface area contributed by atoms with Gasteiger partial charge in [-0.2, -0.15) is 0 Å². The van der Waals surface area contributed by atoms with E-state index in [0.29, 0.717) is 6.42 Å². The molecule has 82 valence electrons. The molecule has 0 heterocycles. The van der Waals surface area contributed by atoms with E-state index in [0.717, 1.165) is 21.9 Å². The van der Waals surface area contributed by atoms with Crippen molar-refractivity contribution in [1.82, 2.24) is 0 Å². The number of allylic oxidation sites excluding steroid dienone is 3. The fourth-order valence-electron chi connectivity index (χ4n) is 2.21. The summed E-state index contributed by atoms with van der Waals surface area (Å²) in [6, 6.07) is 11.8. The molecular formula is C16H12O. The summed E-state index contributed by atoms with van der Waals surface area (Å²) in [6.07, 6.45) is 8.70. The largest absolute Gasteiger partial charge is 0.289 e. The fraction of sp³-hybridized carbons (Fsp3) is 0.0625. The molecule has 0 amide bonds. The van der Waals surface area contributed by atoms with Gasteiger partial charge in [0.15, 0.2) is 5.43 Å². The van der Waals surface area contributed by atoms with Crippen LogP contribution in [0.3, 0.4) is 0 Å². The van der Waals surface area contributed by atoms with Crippen LogP contribution in [0.1, 0.15) is 11.1 Å². The van der Waals surface area contributed by atoms with Crippen LogP contribution in [0.2, 0.25) is 0 Å². The molecule has 0 aromatic heterocycles. The van der Waals surface area contributed by atoms with E-state index >= 15 is 0 Å². The van der Waals surface area contributed by atoms with Crippen LogP contribution >= 0.6 is 0 Å². The summed E-state index contributed by atoms with van der Waals surface area (Å²) in [4.78, 5) is 12.5. The van der Waals surface area contributed by atoms with Crippen LogP contribution in [0.4, 0.5) is 0 Å². The van der Waals surface area contributed by atoms with Crippen molar-refractivity contribution < 1.29 is 0 Å². The van der Waals surface area contributed by atoms with Crippen LogP contribution in [0.25, 0.3) is 16.8 Å². The third kappa shape index (κ3) is 1.70. The van der Waals surface area contributed by atoms with E-state index in [4.69, 9.17) is 0 Å². The first-order chi connectivity index (χ1) is 8.36. The number of benzene rings is 1. The van der Waals surface area contributed by atoms with Crippen molar-refractivity contribution >= 4 is 16.8 Å². The second-order valence-corrected chi connectivity index (χ2v) is 4.17. The summed E-state index contributed by atoms with van der Waals surface area (Å²) in [7, 11) is 0. The second kappa shape index (κ2) is 4.02. The second-order valence-electron chi connectivity index (χ2n) is 4.17. The van der Waals surface area contributed by atoms with Gasteiger partial charge in [0, 0.05) is 10.9 Å². The normalized spacial score (nSPS) is 13.4. The molecule has 0 saturated carbocycles. The highest BCUT2D eigenvalue weighted by molar-refractivity contribution is 5.83. The first-order valence-corrected chi connectivity index (χ1v) is 5.74. The minimum absolute atomic E-state index is 0.150. The van der Waals surface area contributed by atoms with Crippen molar-refractivity contribution in [3.63, 3.8) is 0 Å². The molecule has 2 aromatic rings. The molecule has 0 radical (unpaired) electrons. The molecule has 0 bridgehead atoms. The Labute approximate surface area is 99.7 Å². The van der Waals surface area contributed by atoms with Gasteiger partial charge >= 0.3 is 0 Å². The molecule has 0 atom stereocenters. The van der Waals surface area contributed by atoms with Gasteiger partial charge in [0.1, 0.15) is 0 Å². The maximum atomic E-state index is 12.5. The lowest BCUT2D eigenvalue weighted by Gasteiger charge is -1.95. The van der Waals surface area contributed by atoms with E-state index in [-0.39, 0.29) is 5.43 Å². The zero-order valence-electron chi connectivity index (χ0n) is 9.39. The standard InChI is InChI=1S/C16H12O/c17-16-14-8-3-1-2-6-12(14)10-11-13-7-4-5-9-15(13)16/h1-7,9-11H,8H2. The van der Waals surface area contributed by atoms with Gasteiger partial charge in [0.25, 0.3) is 0 Å². The molecule has 0 N–H and O–H groups in total. The topological polar surface area (TPSA) is 17.1 Å². The third-order valence-electron chi connectivity index (χ3n) is 3.12. The van der Waals surface area contributed by atoms with Crippen molar-refractivity contribution in [3.05, 3.63) is 76.0 Å². The SMILES string of the molecule is O=c1c2c(ccc3ccccc13)C=CC=CC2. The average molecular weight is 220 g/mol. The lowest BCUT2D eigenvalue weighted by atomic mass is 10.1. The van der Waals surface area contributed by atoms with Crippen LogP contribution in [-0.2, 0) is 6.42 Å². The molecule has 0 spiro atoms. The maximum Gasteiger partial charge on any atom is 0.190 e. The molecule has 1 heteroatoms. The van der Waals surface area contributed by atoms with Gasteiger partial charge in [-0.1, -0.05) is 60.7 Å². The number of hydrogen-bond donors (Lipinski definition) is 0. The zero-order chi connectivity index (χ0) is 11.7. The van der Waals surface area contributed by atoms with Gasteiger partial charge in [0.2, 0.25) is 0 Å². The first kappa shape index (κ1) is 10.0. The highest BCUT2D eigenvalue weighted by atomic mass is 16.1. The first-order valence-electron chi connectivity index (χ1n) is 5.74. The van der Waals surface area contributed by atoms with Crippen LogP contribution < -0.4 is 5.43 Å². The molecule has 1 nitrogen and oxygen atoms in total. The zero-order valence-corrected chi connectivity index (χ0v) is 9.39. The van der Waals surface area contributed by atoms with E-state index in [1.807, 2.05) is 60.7 Å². The Morgan fingerprint density at radius 1 is 0.941 bits per heavy atom. The third-order valence-corrected chi connectivity index (χ3v) is 3.12. The number of rotatable bonds is 0. The summed E-state index contributed by atoms with van der Waals surface area (Å²) in [6.45, 7) is 0. The van der Waals surface area contributed by atoms with Crippen LogP contribution in [0, 0.1) is 0 Å². The molecule has 0 unspecified atom stereocenters. The average Bonchev–Trinajstić information content (AvgIpc) is 2.66. The summed E-state index contributed by atoms with van der Waals surface area (Å²) < 4.78 is 0. The monoisotopic (exact) mass is 220 g/mol. The number of fused-ring (bicyclic) bond motifs is 2. The lowest BCUT2D eigenvalue weighted by Crippen LogP contribution is -2.06. The minimum atomic E-state index is 0.150. The van der Waals surface area contributed by atoms with Gasteiger partial charge in [-0.15, -0.1) is 0 Å². The van der Waals surface area contributed by atoms with Crippen LogP contribution in [0.5, 0.6) is 0 Å². The molecular weight excluding hydrogens is 208 g/mol. The summed E-state index contributed by atoms with van der Waals surface area (Å²) >= 11 is 0. The smallest absolute Gasteiger partial charge is 0.190 e. The van der Waals surface area contributed by atoms with Gasteiger partial charge < -0.3 is 0 Å². The van der Waals surface area contributed by atoms with Crippen molar-refractivity contribution in [1.29, 1.82) is 0 Å². The van der Waals surface area contributed by atoms with Crippen LogP contribution in [0.15, 0.2) is 59.4 Å². The summed E-state index contributed by atoms with van der Waals surface area (Å²) in [5, 5.41) is 1.81. The van der Waals surface area contributed by atoms with Crippen LogP contribution in [-0.4, -0.2) is 0 Å². The Hall–Kier alpha value is -2.15. The van der Waals surface area contributed by atoms with Gasteiger partial charge in [0.05, 0.1) is 0 Å². The Morgan fingerprint density at radius 3 is 2.76 bits per heavy atom. The molecule has 0 fully saturated rings. The van der Waals surface area contributed by atoms with E-state index in [1.54, 1.807) is 0 Å². The van der Waals surface area contributed by atoms with Crippen molar-refractivity contribution in [2.24, 2.45) is 0 Å². The van der Waals surface area contributed by atoms with E-state index in [9.17, 15) is 4.79 Å². The molecule has 17 heavy (non-hydrogen) atoms. The highest BCUT2D eigenvalue weighted by Crippen LogP contribution is 2.16. The van der Waals surface area contributed by atoms with Crippen molar-refractivity contribution in [2.75, 3.05) is 0 Å².